The molecule has 0 aliphatic carbocycles. The lowest BCUT2D eigenvalue weighted by Gasteiger charge is -2.39. The predicted molar refractivity (Wildman–Crippen MR) is 154 cm³/mol. The fourth-order valence-electron chi connectivity index (χ4n) is 6.37. The maximum atomic E-state index is 13.0. The van der Waals surface area contributed by atoms with Crippen molar-refractivity contribution < 1.29 is 31.2 Å². The summed E-state index contributed by atoms with van der Waals surface area (Å²) in [6.07, 6.45) is 1.02. The number of carbonyl (C=O) groups excluding carboxylic acids is 2. The highest BCUT2D eigenvalue weighted by Crippen LogP contribution is 2.45. The number of anilines is 1. The van der Waals surface area contributed by atoms with E-state index in [2.05, 4.69) is 10.1 Å². The van der Waals surface area contributed by atoms with Crippen molar-refractivity contribution in [2.45, 2.75) is 54.8 Å². The summed E-state index contributed by atoms with van der Waals surface area (Å²) >= 11 is 0. The maximum absolute atomic E-state index is 13.0. The molecule has 3 N–H and O–H groups in total. The Hall–Kier alpha value is -4.53. The number of carbonyl (C=O) groups is 2. The fraction of sp³-hybridized carbons (Fsp3) is 0.345. The number of halogens is 3. The van der Waals surface area contributed by atoms with Crippen LogP contribution in [0.4, 0.5) is 19.0 Å². The molecule has 6 rings (SSSR count). The number of pyridine rings is 1. The molecule has 5 heterocycles. The molecule has 1 aromatic carbocycles. The molecule has 2 saturated heterocycles. The summed E-state index contributed by atoms with van der Waals surface area (Å²) in [6, 6.07) is 12.7. The third kappa shape index (κ3) is 5.36. The molecule has 15 heteroatoms. The van der Waals surface area contributed by atoms with Crippen molar-refractivity contribution >= 4 is 33.1 Å². The zero-order valence-electron chi connectivity index (χ0n) is 23.5. The predicted octanol–water partition coefficient (Wildman–Crippen LogP) is 3.36. The molecule has 3 atom stereocenters. The highest BCUT2D eigenvalue weighted by atomic mass is 32.2. The minimum absolute atomic E-state index is 0.0895. The number of nitrogens with one attached hydrogen (secondary N) is 1. The third-order valence-corrected chi connectivity index (χ3v) is 9.40. The van der Waals surface area contributed by atoms with Crippen molar-refractivity contribution in [3.8, 4) is 22.4 Å². The number of amides is 2. The van der Waals surface area contributed by atoms with Crippen LogP contribution in [0.1, 0.15) is 37.3 Å². The van der Waals surface area contributed by atoms with Gasteiger partial charge in [0.1, 0.15) is 10.7 Å². The summed E-state index contributed by atoms with van der Waals surface area (Å²) in [5.41, 5.74) is 10.1. The van der Waals surface area contributed by atoms with Gasteiger partial charge in [-0.05, 0) is 31.7 Å². The Kier molecular flexibility index (Phi) is 7.30. The van der Waals surface area contributed by atoms with Gasteiger partial charge in [-0.15, -0.1) is 0 Å². The Morgan fingerprint density at radius 1 is 1.02 bits per heavy atom. The second-order valence-electron chi connectivity index (χ2n) is 11.1. The number of benzene rings is 1. The first-order valence-corrected chi connectivity index (χ1v) is 15.8. The fourth-order valence-corrected chi connectivity index (χ4v) is 7.42. The number of hydrogen-bond acceptors (Lipinski definition) is 8. The molecule has 11 nitrogen and oxygen atoms in total. The van der Waals surface area contributed by atoms with Gasteiger partial charge in [-0.2, -0.15) is 22.8 Å². The van der Waals surface area contributed by atoms with Gasteiger partial charge in [0.05, 0.1) is 24.1 Å². The molecule has 0 saturated carbocycles. The molecule has 2 aliphatic rings. The van der Waals surface area contributed by atoms with Crippen LogP contribution in [0.25, 0.3) is 28.0 Å². The first-order chi connectivity index (χ1) is 20.8. The van der Waals surface area contributed by atoms with E-state index in [-0.39, 0.29) is 28.5 Å². The third-order valence-electron chi connectivity index (χ3n) is 8.24. The van der Waals surface area contributed by atoms with E-state index >= 15 is 0 Å². The summed E-state index contributed by atoms with van der Waals surface area (Å²) in [6.45, 7) is -0.780. The molecular formula is C29H28F3N7O4S. The van der Waals surface area contributed by atoms with Gasteiger partial charge in [-0.1, -0.05) is 36.4 Å². The number of nitrogens with two attached hydrogens (primary N) is 1. The maximum Gasteiger partial charge on any atom is 0.471 e. The zero-order chi connectivity index (χ0) is 31.4. The van der Waals surface area contributed by atoms with Crippen molar-refractivity contribution in [1.82, 2.24) is 29.8 Å². The highest BCUT2D eigenvalue weighted by Gasteiger charge is 2.46. The molecule has 0 radical (unpaired) electrons. The molecule has 1 unspecified atom stereocenters. The van der Waals surface area contributed by atoms with Crippen molar-refractivity contribution in [2.24, 2.45) is 0 Å². The minimum Gasteiger partial charge on any atom is -0.382 e. The number of rotatable bonds is 6. The van der Waals surface area contributed by atoms with Crippen LogP contribution in [0.5, 0.6) is 0 Å². The Labute approximate surface area is 250 Å². The molecule has 230 valence electrons. The van der Waals surface area contributed by atoms with Gasteiger partial charge in [-0.25, -0.2) is 13.4 Å². The number of aromatic nitrogens is 4. The van der Waals surface area contributed by atoms with Crippen molar-refractivity contribution in [3.63, 3.8) is 0 Å². The van der Waals surface area contributed by atoms with Crippen LogP contribution in [-0.2, 0) is 19.4 Å². The van der Waals surface area contributed by atoms with E-state index in [9.17, 15) is 31.2 Å². The molecule has 2 fully saturated rings. The van der Waals surface area contributed by atoms with Crippen LogP contribution in [-0.4, -0.2) is 75.8 Å². The van der Waals surface area contributed by atoms with Crippen LogP contribution in [0.15, 0.2) is 59.8 Å². The Morgan fingerprint density at radius 2 is 1.70 bits per heavy atom. The zero-order valence-corrected chi connectivity index (χ0v) is 24.3. The van der Waals surface area contributed by atoms with Gasteiger partial charge in [-0.3, -0.25) is 14.6 Å². The quantitative estimate of drug-likeness (QED) is 0.330. The molecule has 44 heavy (non-hydrogen) atoms. The molecular weight excluding hydrogens is 599 g/mol. The van der Waals surface area contributed by atoms with Gasteiger partial charge in [0.25, 0.3) is 0 Å². The van der Waals surface area contributed by atoms with Crippen LogP contribution < -0.4 is 11.1 Å². The van der Waals surface area contributed by atoms with Gasteiger partial charge in [0.2, 0.25) is 5.91 Å². The second-order valence-corrected chi connectivity index (χ2v) is 13.1. The number of hydrogen-bond donors (Lipinski definition) is 2. The Bertz CT molecular complexity index is 1850. The van der Waals surface area contributed by atoms with Crippen molar-refractivity contribution in [1.29, 1.82) is 0 Å². The van der Waals surface area contributed by atoms with E-state index in [0.29, 0.717) is 42.5 Å². The number of piperidine rings is 1. The van der Waals surface area contributed by atoms with Gasteiger partial charge in [0, 0.05) is 47.1 Å². The molecule has 0 spiro atoms. The largest absolute Gasteiger partial charge is 0.471 e. The first kappa shape index (κ1) is 29.5. The van der Waals surface area contributed by atoms with E-state index in [1.165, 1.54) is 9.42 Å². The smallest absolute Gasteiger partial charge is 0.382 e. The topological polar surface area (TPSA) is 153 Å². The molecule has 2 aliphatic heterocycles. The highest BCUT2D eigenvalue weighted by molar-refractivity contribution is 7.91. The lowest BCUT2D eigenvalue weighted by Crippen LogP contribution is -2.51. The van der Waals surface area contributed by atoms with E-state index in [4.69, 9.17) is 10.7 Å². The van der Waals surface area contributed by atoms with Crippen molar-refractivity contribution in [2.75, 3.05) is 18.5 Å². The summed E-state index contributed by atoms with van der Waals surface area (Å²) in [5.74, 6) is -3.29. The van der Waals surface area contributed by atoms with E-state index in [1.54, 1.807) is 17.7 Å². The number of alkyl halides is 3. The lowest BCUT2D eigenvalue weighted by atomic mass is 9.87. The Morgan fingerprint density at radius 3 is 2.30 bits per heavy atom. The second kappa shape index (κ2) is 10.9. The van der Waals surface area contributed by atoms with Gasteiger partial charge >= 0.3 is 12.1 Å². The number of nitrogens with zero attached hydrogens (tertiary/aromatic N) is 5. The minimum atomic E-state index is -5.09. The summed E-state index contributed by atoms with van der Waals surface area (Å²) in [4.78, 5) is 34.9. The van der Waals surface area contributed by atoms with E-state index < -0.39 is 40.3 Å². The number of sulfone groups is 1. The monoisotopic (exact) mass is 627 g/mol. The summed E-state index contributed by atoms with van der Waals surface area (Å²) in [7, 11) is -3.87. The summed E-state index contributed by atoms with van der Waals surface area (Å²) in [5, 5.41) is 5.98. The summed E-state index contributed by atoms with van der Waals surface area (Å²) < 4.78 is 65.2. The van der Waals surface area contributed by atoms with E-state index in [1.807, 2.05) is 42.5 Å². The van der Waals surface area contributed by atoms with Crippen molar-refractivity contribution in [3.05, 3.63) is 60.6 Å². The van der Waals surface area contributed by atoms with Gasteiger partial charge in [0.15, 0.2) is 15.5 Å². The normalized spacial score (nSPS) is 20.2. The van der Waals surface area contributed by atoms with Crippen LogP contribution in [0.3, 0.4) is 0 Å². The standard InChI is InChI=1S/C29H28F3N7O4S/c1-44(42,43)25-24(18-11-19-8-9-20(12-18)38(19)23(40)15-35-28(41)29(30,31)32)37-27-21(14-36-39(27)26(25)33)17-7-10-22(34-13-17)16-5-3-2-4-6-16/h2-7,10,13-14,18-20H,8-9,11-12,15,33H2,1H3,(H,35,41)/t18?,19-,20+. The Balaban J connectivity index is 1.33. The van der Waals surface area contributed by atoms with Crippen LogP contribution in [0, 0.1) is 0 Å². The average molecular weight is 628 g/mol. The lowest BCUT2D eigenvalue weighted by molar-refractivity contribution is -0.174. The molecule has 2 amide bonds. The molecule has 4 aromatic rings. The average Bonchev–Trinajstić information content (AvgIpc) is 3.53. The number of fused-ring (bicyclic) bond motifs is 3. The molecule has 2 bridgehead atoms. The van der Waals surface area contributed by atoms with Crippen LogP contribution in [0.2, 0.25) is 0 Å². The SMILES string of the molecule is CS(=O)(=O)c1c(C2C[C@H]3CC[C@@H](C2)N3C(=O)CNC(=O)C(F)(F)F)nc2c(-c3ccc(-c4ccccc4)nc3)cnn2c1N. The number of nitrogen functional groups attached to an aromatic ring is 1. The van der Waals surface area contributed by atoms with Crippen LogP contribution >= 0.6 is 0 Å². The molecule has 3 aromatic heterocycles. The van der Waals surface area contributed by atoms with E-state index in [0.717, 1.165) is 17.5 Å². The first-order valence-electron chi connectivity index (χ1n) is 13.9. The van der Waals surface area contributed by atoms with Gasteiger partial charge < -0.3 is 16.0 Å².